The first-order valence-corrected chi connectivity index (χ1v) is 9.73. The maximum absolute atomic E-state index is 6.39. The summed E-state index contributed by atoms with van der Waals surface area (Å²) in [6, 6.07) is 27.0. The molecule has 2 heterocycles. The van der Waals surface area contributed by atoms with Crippen molar-refractivity contribution in [3.63, 3.8) is 0 Å². The molecule has 0 N–H and O–H groups in total. The molecule has 0 bridgehead atoms. The van der Waals surface area contributed by atoms with Crippen LogP contribution in [-0.4, -0.2) is 17.3 Å². The lowest BCUT2D eigenvalue weighted by Crippen LogP contribution is -2.33. The highest BCUT2D eigenvalue weighted by molar-refractivity contribution is 6.01. The number of rotatable bonds is 4. The first kappa shape index (κ1) is 16.9. The van der Waals surface area contributed by atoms with Gasteiger partial charge in [-0.05, 0) is 42.8 Å². The monoisotopic (exact) mass is 370 g/mol. The van der Waals surface area contributed by atoms with Gasteiger partial charge >= 0.3 is 0 Å². The molecule has 2 aliphatic rings. The Hall–Kier alpha value is -3.27. The molecule has 4 heteroatoms. The SMILES string of the molecule is CCOc1ccc([C@@H]2Oc3ccccc3[C@H]3CC(c4ccccc4)=NN32)cc1. The zero-order valence-electron chi connectivity index (χ0n) is 15.8. The van der Waals surface area contributed by atoms with Gasteiger partial charge in [0, 0.05) is 17.5 Å². The molecule has 4 nitrogen and oxygen atoms in total. The second-order valence-corrected chi connectivity index (χ2v) is 7.02. The van der Waals surface area contributed by atoms with E-state index < -0.39 is 0 Å². The molecule has 0 saturated heterocycles. The molecule has 0 unspecified atom stereocenters. The highest BCUT2D eigenvalue weighted by Gasteiger charge is 2.40. The molecule has 5 rings (SSSR count). The van der Waals surface area contributed by atoms with Crippen molar-refractivity contribution < 1.29 is 9.47 Å². The number of hydrazone groups is 1. The van der Waals surface area contributed by atoms with E-state index in [4.69, 9.17) is 14.6 Å². The van der Waals surface area contributed by atoms with E-state index in [9.17, 15) is 0 Å². The molecule has 2 aliphatic heterocycles. The van der Waals surface area contributed by atoms with Crippen LogP contribution in [0.2, 0.25) is 0 Å². The maximum atomic E-state index is 6.39. The molecule has 0 spiro atoms. The third-order valence-corrected chi connectivity index (χ3v) is 5.28. The summed E-state index contributed by atoms with van der Waals surface area (Å²) in [6.07, 6.45) is 0.620. The number of hydrogen-bond donors (Lipinski definition) is 0. The van der Waals surface area contributed by atoms with E-state index in [0.717, 1.165) is 29.2 Å². The fourth-order valence-electron chi connectivity index (χ4n) is 3.95. The van der Waals surface area contributed by atoms with Gasteiger partial charge in [-0.15, -0.1) is 0 Å². The average Bonchev–Trinajstić information content (AvgIpc) is 3.20. The van der Waals surface area contributed by atoms with Gasteiger partial charge in [0.2, 0.25) is 6.23 Å². The van der Waals surface area contributed by atoms with E-state index in [1.807, 2.05) is 31.2 Å². The van der Waals surface area contributed by atoms with Crippen LogP contribution >= 0.6 is 0 Å². The maximum Gasteiger partial charge on any atom is 0.213 e. The summed E-state index contributed by atoms with van der Waals surface area (Å²) in [7, 11) is 0. The molecule has 2 atom stereocenters. The van der Waals surface area contributed by atoms with Crippen molar-refractivity contribution in [1.29, 1.82) is 0 Å². The van der Waals surface area contributed by atoms with Crippen LogP contribution in [0.4, 0.5) is 0 Å². The number of hydrogen-bond acceptors (Lipinski definition) is 4. The first-order valence-electron chi connectivity index (χ1n) is 9.73. The first-order chi connectivity index (χ1) is 13.8. The van der Waals surface area contributed by atoms with Crippen molar-refractivity contribution in [3.05, 3.63) is 95.6 Å². The van der Waals surface area contributed by atoms with Gasteiger partial charge in [0.1, 0.15) is 11.5 Å². The van der Waals surface area contributed by atoms with Crippen LogP contribution in [-0.2, 0) is 0 Å². The Balaban J connectivity index is 1.54. The van der Waals surface area contributed by atoms with Crippen LogP contribution in [0.3, 0.4) is 0 Å². The minimum absolute atomic E-state index is 0.178. The van der Waals surface area contributed by atoms with Gasteiger partial charge in [-0.3, -0.25) is 0 Å². The van der Waals surface area contributed by atoms with E-state index >= 15 is 0 Å². The van der Waals surface area contributed by atoms with Gasteiger partial charge in [0.15, 0.2) is 0 Å². The minimum Gasteiger partial charge on any atom is -0.494 e. The summed E-state index contributed by atoms with van der Waals surface area (Å²) in [5.41, 5.74) is 4.53. The molecule has 3 aromatic carbocycles. The molecule has 0 saturated carbocycles. The van der Waals surface area contributed by atoms with Crippen molar-refractivity contribution in [2.45, 2.75) is 25.6 Å². The summed E-state index contributed by atoms with van der Waals surface area (Å²) < 4.78 is 12.0. The van der Waals surface area contributed by atoms with E-state index in [0.29, 0.717) is 6.61 Å². The smallest absolute Gasteiger partial charge is 0.213 e. The fraction of sp³-hybridized carbons (Fsp3) is 0.208. The molecule has 0 aromatic heterocycles. The number of para-hydroxylation sites is 1. The second kappa shape index (κ2) is 7.04. The molecule has 0 fully saturated rings. The Morgan fingerprint density at radius 1 is 0.964 bits per heavy atom. The lowest BCUT2D eigenvalue weighted by Gasteiger charge is -2.38. The number of nitrogens with zero attached hydrogens (tertiary/aromatic N) is 2. The largest absolute Gasteiger partial charge is 0.494 e. The number of benzene rings is 3. The molecule has 3 aromatic rings. The van der Waals surface area contributed by atoms with Crippen LogP contribution in [0.5, 0.6) is 11.5 Å². The predicted molar refractivity (Wildman–Crippen MR) is 110 cm³/mol. The number of fused-ring (bicyclic) bond motifs is 3. The Morgan fingerprint density at radius 3 is 2.50 bits per heavy atom. The Morgan fingerprint density at radius 2 is 1.71 bits per heavy atom. The summed E-state index contributed by atoms with van der Waals surface area (Å²) in [6.45, 7) is 2.65. The average molecular weight is 370 g/mol. The van der Waals surface area contributed by atoms with Crippen LogP contribution in [0.25, 0.3) is 0 Å². The van der Waals surface area contributed by atoms with Crippen molar-refractivity contribution >= 4 is 5.71 Å². The van der Waals surface area contributed by atoms with Gasteiger partial charge in [0.05, 0.1) is 18.4 Å². The third kappa shape index (κ3) is 2.91. The van der Waals surface area contributed by atoms with Crippen LogP contribution in [0.15, 0.2) is 84.0 Å². The van der Waals surface area contributed by atoms with Crippen molar-refractivity contribution in [2.24, 2.45) is 5.10 Å². The summed E-state index contributed by atoms with van der Waals surface area (Å²) in [5, 5.41) is 7.10. The molecule has 28 heavy (non-hydrogen) atoms. The molecule has 140 valence electrons. The molecular weight excluding hydrogens is 348 g/mol. The van der Waals surface area contributed by atoms with Gasteiger partial charge in [-0.1, -0.05) is 48.5 Å². The third-order valence-electron chi connectivity index (χ3n) is 5.28. The lowest BCUT2D eigenvalue weighted by molar-refractivity contribution is -0.0190. The topological polar surface area (TPSA) is 34.1 Å². The second-order valence-electron chi connectivity index (χ2n) is 7.02. The van der Waals surface area contributed by atoms with Crippen molar-refractivity contribution in [1.82, 2.24) is 5.01 Å². The van der Waals surface area contributed by atoms with Gasteiger partial charge in [-0.25, -0.2) is 5.01 Å². The predicted octanol–water partition coefficient (Wildman–Crippen LogP) is 5.33. The standard InChI is InChI=1S/C24H22N2O2/c1-2-27-19-14-12-18(13-15-19)24-26-22(20-10-6-7-11-23(20)28-24)16-21(25-26)17-8-4-3-5-9-17/h3-15,22,24H,2,16H2,1H3/t22-,24+/m1/s1. The van der Waals surface area contributed by atoms with Gasteiger partial charge in [0.25, 0.3) is 0 Å². The van der Waals surface area contributed by atoms with Crippen molar-refractivity contribution in [3.8, 4) is 11.5 Å². The summed E-state index contributed by atoms with van der Waals surface area (Å²) >= 11 is 0. The highest BCUT2D eigenvalue weighted by atomic mass is 16.5. The molecule has 0 aliphatic carbocycles. The highest BCUT2D eigenvalue weighted by Crippen LogP contribution is 2.47. The van der Waals surface area contributed by atoms with Crippen LogP contribution in [0, 0.1) is 0 Å². The van der Waals surface area contributed by atoms with Crippen LogP contribution < -0.4 is 9.47 Å². The van der Waals surface area contributed by atoms with E-state index in [1.165, 1.54) is 11.1 Å². The Kier molecular flexibility index (Phi) is 4.24. The number of ether oxygens (including phenoxy) is 2. The molecule has 0 amide bonds. The normalized spacial score (nSPS) is 20.0. The van der Waals surface area contributed by atoms with Gasteiger partial charge in [-0.2, -0.15) is 5.10 Å². The summed E-state index contributed by atoms with van der Waals surface area (Å²) in [5.74, 6) is 1.81. The van der Waals surface area contributed by atoms with E-state index in [1.54, 1.807) is 0 Å². The molecular formula is C24H22N2O2. The van der Waals surface area contributed by atoms with Gasteiger partial charge < -0.3 is 9.47 Å². The Labute approximate surface area is 165 Å². The Bertz CT molecular complexity index is 999. The van der Waals surface area contributed by atoms with Crippen LogP contribution in [0.1, 0.15) is 42.3 Å². The lowest BCUT2D eigenvalue weighted by atomic mass is 9.96. The quantitative estimate of drug-likeness (QED) is 0.623. The fourth-order valence-corrected chi connectivity index (χ4v) is 3.95. The zero-order valence-corrected chi connectivity index (χ0v) is 15.8. The van der Waals surface area contributed by atoms with Crippen molar-refractivity contribution in [2.75, 3.05) is 6.61 Å². The molecule has 0 radical (unpaired) electrons. The minimum atomic E-state index is -0.253. The van der Waals surface area contributed by atoms with E-state index in [-0.39, 0.29) is 12.3 Å². The zero-order chi connectivity index (χ0) is 18.9. The summed E-state index contributed by atoms with van der Waals surface area (Å²) in [4.78, 5) is 0. The van der Waals surface area contributed by atoms with E-state index in [2.05, 4.69) is 59.6 Å².